The van der Waals surface area contributed by atoms with Crippen molar-refractivity contribution in [2.75, 3.05) is 6.54 Å². The summed E-state index contributed by atoms with van der Waals surface area (Å²) in [7, 11) is 0. The Hall–Kier alpha value is -0.880. The summed E-state index contributed by atoms with van der Waals surface area (Å²) in [6.45, 7) is 4.28. The van der Waals surface area contributed by atoms with E-state index in [1.54, 1.807) is 13.0 Å². The van der Waals surface area contributed by atoms with Crippen molar-refractivity contribution in [3.63, 3.8) is 0 Å². The van der Waals surface area contributed by atoms with Crippen molar-refractivity contribution in [3.05, 3.63) is 20.8 Å². The predicted octanol–water partition coefficient (Wildman–Crippen LogP) is 2.16. The van der Waals surface area contributed by atoms with Crippen LogP contribution in [-0.4, -0.2) is 24.4 Å². The molecule has 0 aliphatic heterocycles. The summed E-state index contributed by atoms with van der Waals surface area (Å²) in [4.78, 5) is 23.9. The lowest BCUT2D eigenvalue weighted by molar-refractivity contribution is -0.122. The van der Waals surface area contributed by atoms with Gasteiger partial charge in [-0.1, -0.05) is 6.92 Å². The van der Waals surface area contributed by atoms with E-state index in [1.807, 2.05) is 12.3 Å². The Morgan fingerprint density at radius 3 is 2.76 bits per heavy atom. The molecule has 1 aromatic rings. The van der Waals surface area contributed by atoms with Crippen LogP contribution in [0, 0.1) is 0 Å². The molecule has 17 heavy (non-hydrogen) atoms. The number of rotatable bonds is 5. The summed E-state index contributed by atoms with van der Waals surface area (Å²) in [5.41, 5.74) is 0. The molecular formula is C11H15BrN2O2S. The molecule has 0 spiro atoms. The molecule has 1 heterocycles. The number of hydrogen-bond acceptors (Lipinski definition) is 3. The summed E-state index contributed by atoms with van der Waals surface area (Å²) in [6.07, 6.45) is 0.878. The maximum absolute atomic E-state index is 11.8. The average Bonchev–Trinajstić information content (AvgIpc) is 2.72. The van der Waals surface area contributed by atoms with Gasteiger partial charge in [0.05, 0.1) is 0 Å². The zero-order valence-electron chi connectivity index (χ0n) is 9.75. The summed E-state index contributed by atoms with van der Waals surface area (Å²) in [5.74, 6) is -0.390. The molecule has 94 valence electrons. The first-order valence-corrected chi connectivity index (χ1v) is 7.05. The van der Waals surface area contributed by atoms with Crippen molar-refractivity contribution in [1.82, 2.24) is 10.6 Å². The van der Waals surface area contributed by atoms with Gasteiger partial charge in [0.2, 0.25) is 5.91 Å². The van der Waals surface area contributed by atoms with Crippen LogP contribution in [-0.2, 0) is 4.79 Å². The minimum Gasteiger partial charge on any atom is -0.354 e. The quantitative estimate of drug-likeness (QED) is 0.874. The largest absolute Gasteiger partial charge is 0.354 e. The average molecular weight is 319 g/mol. The number of amides is 2. The molecule has 0 aromatic carbocycles. The lowest BCUT2D eigenvalue weighted by atomic mass is 10.3. The Morgan fingerprint density at radius 2 is 2.24 bits per heavy atom. The van der Waals surface area contributed by atoms with Gasteiger partial charge >= 0.3 is 0 Å². The van der Waals surface area contributed by atoms with Crippen LogP contribution < -0.4 is 10.6 Å². The second-order valence-electron chi connectivity index (χ2n) is 3.58. The predicted molar refractivity (Wildman–Crippen MR) is 72.2 cm³/mol. The van der Waals surface area contributed by atoms with E-state index in [9.17, 15) is 9.59 Å². The van der Waals surface area contributed by atoms with Crippen molar-refractivity contribution >= 4 is 39.1 Å². The summed E-state index contributed by atoms with van der Waals surface area (Å²) in [6, 6.07) is 1.28. The number of thiophene rings is 1. The maximum Gasteiger partial charge on any atom is 0.263 e. The summed E-state index contributed by atoms with van der Waals surface area (Å²) in [5, 5.41) is 7.22. The molecule has 6 heteroatoms. The molecule has 4 nitrogen and oxygen atoms in total. The van der Waals surface area contributed by atoms with Crippen LogP contribution in [0.4, 0.5) is 0 Å². The first-order valence-electron chi connectivity index (χ1n) is 5.37. The molecule has 2 amide bonds. The summed E-state index contributed by atoms with van der Waals surface area (Å²) >= 11 is 4.62. The van der Waals surface area contributed by atoms with Crippen LogP contribution in [0.1, 0.15) is 29.9 Å². The van der Waals surface area contributed by atoms with Crippen LogP contribution in [0.3, 0.4) is 0 Å². The smallest absolute Gasteiger partial charge is 0.263 e. The Labute approximate surface area is 113 Å². The van der Waals surface area contributed by atoms with Gasteiger partial charge in [-0.2, -0.15) is 0 Å². The molecule has 1 aromatic heterocycles. The third-order valence-electron chi connectivity index (χ3n) is 2.11. The van der Waals surface area contributed by atoms with Gasteiger partial charge in [0.25, 0.3) is 5.91 Å². The molecular weight excluding hydrogens is 304 g/mol. The second kappa shape index (κ2) is 6.76. The molecule has 0 radical (unpaired) electrons. The summed E-state index contributed by atoms with van der Waals surface area (Å²) < 4.78 is 0.751. The zero-order chi connectivity index (χ0) is 12.8. The van der Waals surface area contributed by atoms with Crippen LogP contribution >= 0.6 is 27.3 Å². The van der Waals surface area contributed by atoms with E-state index in [2.05, 4.69) is 26.6 Å². The van der Waals surface area contributed by atoms with Crippen LogP contribution in [0.2, 0.25) is 0 Å². The highest BCUT2D eigenvalue weighted by atomic mass is 79.9. The third-order valence-corrected chi connectivity index (χ3v) is 3.95. The molecule has 0 saturated heterocycles. The standard InChI is InChI=1S/C11H15BrN2O2S/c1-3-5-13-10(15)7(2)14-11(16)9-8(12)4-6-17-9/h4,6-7H,3,5H2,1-2H3,(H,13,15)(H,14,16). The van der Waals surface area contributed by atoms with Gasteiger partial charge < -0.3 is 10.6 Å². The fraction of sp³-hybridized carbons (Fsp3) is 0.455. The monoisotopic (exact) mass is 318 g/mol. The molecule has 1 rings (SSSR count). The Bertz CT molecular complexity index is 406. The van der Waals surface area contributed by atoms with E-state index in [-0.39, 0.29) is 11.8 Å². The van der Waals surface area contributed by atoms with Crippen molar-refractivity contribution < 1.29 is 9.59 Å². The molecule has 0 aliphatic rings. The van der Waals surface area contributed by atoms with Crippen molar-refractivity contribution in [3.8, 4) is 0 Å². The third kappa shape index (κ3) is 4.12. The first kappa shape index (κ1) is 14.2. The second-order valence-corrected chi connectivity index (χ2v) is 5.35. The highest BCUT2D eigenvalue weighted by molar-refractivity contribution is 9.10. The van der Waals surface area contributed by atoms with E-state index in [0.717, 1.165) is 10.9 Å². The molecule has 1 atom stereocenters. The van der Waals surface area contributed by atoms with E-state index in [1.165, 1.54) is 11.3 Å². The molecule has 0 saturated carbocycles. The number of hydrogen-bond donors (Lipinski definition) is 2. The van der Waals surface area contributed by atoms with E-state index < -0.39 is 6.04 Å². The topological polar surface area (TPSA) is 58.2 Å². The normalized spacial score (nSPS) is 11.9. The highest BCUT2D eigenvalue weighted by Crippen LogP contribution is 2.22. The minimum absolute atomic E-state index is 0.159. The van der Waals surface area contributed by atoms with E-state index in [4.69, 9.17) is 0 Å². The van der Waals surface area contributed by atoms with Gasteiger partial charge in [-0.3, -0.25) is 9.59 Å². The number of carbonyl (C=O) groups is 2. The van der Waals surface area contributed by atoms with Gasteiger partial charge in [-0.05, 0) is 40.7 Å². The van der Waals surface area contributed by atoms with Gasteiger partial charge in [0.15, 0.2) is 0 Å². The van der Waals surface area contributed by atoms with Crippen LogP contribution in [0.25, 0.3) is 0 Å². The lowest BCUT2D eigenvalue weighted by Crippen LogP contribution is -2.44. The molecule has 1 unspecified atom stereocenters. The van der Waals surface area contributed by atoms with Gasteiger partial charge in [0.1, 0.15) is 10.9 Å². The van der Waals surface area contributed by atoms with Crippen LogP contribution in [0.5, 0.6) is 0 Å². The van der Waals surface area contributed by atoms with Crippen molar-refractivity contribution in [2.45, 2.75) is 26.3 Å². The van der Waals surface area contributed by atoms with Gasteiger partial charge in [-0.15, -0.1) is 11.3 Å². The molecule has 0 aliphatic carbocycles. The van der Waals surface area contributed by atoms with Crippen LogP contribution in [0.15, 0.2) is 15.9 Å². The zero-order valence-corrected chi connectivity index (χ0v) is 12.2. The molecule has 0 fully saturated rings. The fourth-order valence-electron chi connectivity index (χ4n) is 1.18. The highest BCUT2D eigenvalue weighted by Gasteiger charge is 2.18. The Kier molecular flexibility index (Phi) is 5.64. The first-order chi connectivity index (χ1) is 8.06. The lowest BCUT2D eigenvalue weighted by Gasteiger charge is -2.13. The maximum atomic E-state index is 11.8. The van der Waals surface area contributed by atoms with Crippen molar-refractivity contribution in [1.29, 1.82) is 0 Å². The van der Waals surface area contributed by atoms with Crippen molar-refractivity contribution in [2.24, 2.45) is 0 Å². The van der Waals surface area contributed by atoms with Gasteiger partial charge in [-0.25, -0.2) is 0 Å². The number of nitrogens with one attached hydrogen (secondary N) is 2. The Balaban J connectivity index is 2.51. The number of halogens is 1. The molecule has 0 bridgehead atoms. The minimum atomic E-state index is -0.525. The fourth-order valence-corrected chi connectivity index (χ4v) is 2.64. The van der Waals surface area contributed by atoms with Gasteiger partial charge in [0, 0.05) is 11.0 Å². The Morgan fingerprint density at radius 1 is 1.53 bits per heavy atom. The molecule has 2 N–H and O–H groups in total. The SMILES string of the molecule is CCCNC(=O)C(C)NC(=O)c1sccc1Br. The van der Waals surface area contributed by atoms with E-state index >= 15 is 0 Å². The number of carbonyl (C=O) groups excluding carboxylic acids is 2. The van der Waals surface area contributed by atoms with E-state index in [0.29, 0.717) is 11.4 Å².